The first-order valence-corrected chi connectivity index (χ1v) is 12.7. The number of benzene rings is 1. The lowest BCUT2D eigenvalue weighted by molar-refractivity contribution is 0.0975. The second-order valence-electron chi connectivity index (χ2n) is 5.46. The summed E-state index contributed by atoms with van der Waals surface area (Å²) in [6.45, 7) is 8.89. The normalized spacial score (nSPS) is 13.8. The maximum Gasteiger partial charge on any atom is 0.263 e. The Morgan fingerprint density at radius 2 is 2.06 bits per heavy atom. The highest BCUT2D eigenvalue weighted by Gasteiger charge is 2.32. The van der Waals surface area contributed by atoms with E-state index in [1.807, 2.05) is 12.1 Å². The molecule has 0 spiro atoms. The molecule has 2 radical (unpaired) electrons. The lowest BCUT2D eigenvalue weighted by Gasteiger charge is -2.24. The smallest absolute Gasteiger partial charge is 0.263 e. The van der Waals surface area contributed by atoms with Crippen molar-refractivity contribution in [2.45, 2.75) is 32.6 Å². The molecule has 0 N–H and O–H groups in total. The maximum absolute atomic E-state index is 12.4. The van der Waals surface area contributed by atoms with Gasteiger partial charge in [-0.1, -0.05) is 50.5 Å². The Hall–Kier alpha value is -1.14. The van der Waals surface area contributed by atoms with Gasteiger partial charge in [0.05, 0.1) is 8.31 Å². The highest BCUT2D eigenvalue weighted by Crippen LogP contribution is 2.23. The molecule has 0 aromatic heterocycles. The molecular weight excluding hydrogens is 254 g/mol. The SMILES string of the molecule is C[Si](C)[Si](C)(C)[N]C(=O)c1cccc2c1C=CC2. The minimum absolute atomic E-state index is 0.0127. The van der Waals surface area contributed by atoms with E-state index in [0.29, 0.717) is 0 Å². The third kappa shape index (κ3) is 2.49. The quantitative estimate of drug-likeness (QED) is 0.779. The molecule has 0 fully saturated rings. The van der Waals surface area contributed by atoms with E-state index >= 15 is 0 Å². The zero-order valence-electron chi connectivity index (χ0n) is 11.4. The van der Waals surface area contributed by atoms with Crippen LogP contribution >= 0.6 is 0 Å². The second kappa shape index (κ2) is 4.86. The molecule has 1 aromatic rings. The van der Waals surface area contributed by atoms with Gasteiger partial charge in [-0.05, 0) is 23.6 Å². The van der Waals surface area contributed by atoms with Crippen molar-refractivity contribution >= 4 is 28.1 Å². The summed E-state index contributed by atoms with van der Waals surface area (Å²) in [4.78, 5) is 16.9. The molecule has 1 aliphatic carbocycles. The highest BCUT2D eigenvalue weighted by atomic mass is 29.2. The number of rotatable bonds is 3. The molecule has 18 heavy (non-hydrogen) atoms. The van der Waals surface area contributed by atoms with Gasteiger partial charge in [0.15, 0.2) is 7.75 Å². The molecule has 0 unspecified atom stereocenters. The number of allylic oxidation sites excluding steroid dienone is 1. The Bertz CT molecular complexity index is 507. The Morgan fingerprint density at radius 3 is 2.72 bits per heavy atom. The minimum Gasteiger partial charge on any atom is -0.290 e. The Kier molecular flexibility index (Phi) is 3.59. The summed E-state index contributed by atoms with van der Waals surface area (Å²) in [5.41, 5.74) is 3.11. The van der Waals surface area contributed by atoms with E-state index in [-0.39, 0.29) is 5.91 Å². The summed E-state index contributed by atoms with van der Waals surface area (Å²) in [5.74, 6) is -0.0127. The third-order valence-electron chi connectivity index (χ3n) is 3.65. The van der Waals surface area contributed by atoms with Crippen LogP contribution in [-0.4, -0.2) is 22.0 Å². The zero-order valence-corrected chi connectivity index (χ0v) is 13.4. The Morgan fingerprint density at radius 1 is 1.33 bits per heavy atom. The van der Waals surface area contributed by atoms with E-state index in [9.17, 15) is 4.79 Å². The van der Waals surface area contributed by atoms with Gasteiger partial charge < -0.3 is 0 Å². The van der Waals surface area contributed by atoms with Crippen LogP contribution in [0.2, 0.25) is 26.2 Å². The first-order valence-electron chi connectivity index (χ1n) is 6.28. The lowest BCUT2D eigenvalue weighted by Crippen LogP contribution is -2.53. The summed E-state index contributed by atoms with van der Waals surface area (Å²) in [6.07, 6.45) is 5.10. The van der Waals surface area contributed by atoms with Crippen molar-refractivity contribution in [3.63, 3.8) is 0 Å². The fraction of sp³-hybridized carbons (Fsp3) is 0.357. The molecule has 0 bridgehead atoms. The summed E-state index contributed by atoms with van der Waals surface area (Å²) in [5, 5.41) is 0. The van der Waals surface area contributed by atoms with Crippen LogP contribution in [0.1, 0.15) is 21.5 Å². The minimum atomic E-state index is -1.71. The van der Waals surface area contributed by atoms with Crippen LogP contribution in [0.3, 0.4) is 0 Å². The average molecular weight is 273 g/mol. The molecular formula is C14H19NOSi2. The zero-order chi connectivity index (χ0) is 13.3. The van der Waals surface area contributed by atoms with E-state index in [1.165, 1.54) is 5.56 Å². The summed E-state index contributed by atoms with van der Waals surface area (Å²) in [6, 6.07) is 5.96. The number of fused-ring (bicyclic) bond motifs is 1. The molecule has 94 valence electrons. The monoisotopic (exact) mass is 273 g/mol. The van der Waals surface area contributed by atoms with Crippen molar-refractivity contribution in [1.29, 1.82) is 0 Å². The van der Waals surface area contributed by atoms with E-state index < -0.39 is 16.1 Å². The molecule has 0 heterocycles. The molecule has 1 amide bonds. The fourth-order valence-electron chi connectivity index (χ4n) is 1.90. The molecule has 0 saturated heterocycles. The van der Waals surface area contributed by atoms with E-state index in [0.717, 1.165) is 17.5 Å². The molecule has 2 rings (SSSR count). The molecule has 1 aliphatic rings. The van der Waals surface area contributed by atoms with Gasteiger partial charge in [-0.3, -0.25) is 9.78 Å². The number of carbonyl (C=O) groups excluding carboxylic acids is 1. The number of hydrogen-bond acceptors (Lipinski definition) is 1. The van der Waals surface area contributed by atoms with Gasteiger partial charge in [0.25, 0.3) is 5.91 Å². The first kappa shape index (κ1) is 13.3. The third-order valence-corrected chi connectivity index (χ3v) is 14.5. The van der Waals surface area contributed by atoms with Gasteiger partial charge in [-0.25, -0.2) is 0 Å². The number of amides is 1. The predicted molar refractivity (Wildman–Crippen MR) is 80.6 cm³/mol. The highest BCUT2D eigenvalue weighted by molar-refractivity contribution is 7.30. The van der Waals surface area contributed by atoms with E-state index in [2.05, 4.69) is 49.4 Å². The van der Waals surface area contributed by atoms with Crippen LogP contribution in [-0.2, 0) is 6.42 Å². The molecule has 0 atom stereocenters. The largest absolute Gasteiger partial charge is 0.290 e. The van der Waals surface area contributed by atoms with E-state index in [4.69, 9.17) is 0 Å². The molecule has 0 aliphatic heterocycles. The number of nitrogens with zero attached hydrogens (tertiary/aromatic N) is 1. The van der Waals surface area contributed by atoms with E-state index in [1.54, 1.807) is 0 Å². The van der Waals surface area contributed by atoms with Crippen molar-refractivity contribution in [1.82, 2.24) is 4.98 Å². The van der Waals surface area contributed by atoms with Crippen molar-refractivity contribution in [2.75, 3.05) is 0 Å². The van der Waals surface area contributed by atoms with Gasteiger partial charge in [0.2, 0.25) is 0 Å². The number of carbonyl (C=O) groups is 1. The molecule has 0 saturated carbocycles. The summed E-state index contributed by atoms with van der Waals surface area (Å²) >= 11 is 0. The average Bonchev–Trinajstić information content (AvgIpc) is 2.75. The van der Waals surface area contributed by atoms with Crippen LogP contribution < -0.4 is 4.98 Å². The van der Waals surface area contributed by atoms with Crippen molar-refractivity contribution < 1.29 is 4.79 Å². The standard InChI is InChI=1S/C14H19NOSi2/c1-17(2)18(3,4)15-14(16)13-10-6-8-11-7-5-9-12(11)13/h5-6,8-10H,7H2,1-4H3. The van der Waals surface area contributed by atoms with Crippen LogP contribution in [0.5, 0.6) is 0 Å². The van der Waals surface area contributed by atoms with Crippen LogP contribution in [0.15, 0.2) is 24.3 Å². The van der Waals surface area contributed by atoms with Gasteiger partial charge >= 0.3 is 0 Å². The number of hydrogen-bond donors (Lipinski definition) is 0. The van der Waals surface area contributed by atoms with Gasteiger partial charge in [0.1, 0.15) is 0 Å². The van der Waals surface area contributed by atoms with Crippen molar-refractivity contribution in [3.8, 4) is 0 Å². The lowest BCUT2D eigenvalue weighted by atomic mass is 10.0. The summed E-state index contributed by atoms with van der Waals surface area (Å²) in [7, 11) is -2.20. The molecule has 4 heteroatoms. The maximum atomic E-state index is 12.4. The Balaban J connectivity index is 2.26. The van der Waals surface area contributed by atoms with Crippen LogP contribution in [0, 0.1) is 0 Å². The van der Waals surface area contributed by atoms with Gasteiger partial charge in [0, 0.05) is 5.56 Å². The second-order valence-corrected chi connectivity index (χ2v) is 17.5. The predicted octanol–water partition coefficient (Wildman–Crippen LogP) is 3.04. The molecule has 1 aromatic carbocycles. The topological polar surface area (TPSA) is 31.2 Å². The van der Waals surface area contributed by atoms with Gasteiger partial charge in [-0.15, -0.1) is 0 Å². The van der Waals surface area contributed by atoms with Crippen LogP contribution in [0.25, 0.3) is 6.08 Å². The summed E-state index contributed by atoms with van der Waals surface area (Å²) < 4.78 is 0. The first-order chi connectivity index (χ1) is 8.42. The Labute approximate surface area is 112 Å². The fourth-order valence-corrected chi connectivity index (χ4v) is 3.73. The van der Waals surface area contributed by atoms with Crippen molar-refractivity contribution in [3.05, 3.63) is 41.0 Å². The molecule has 2 nitrogen and oxygen atoms in total. The van der Waals surface area contributed by atoms with Crippen LogP contribution in [0.4, 0.5) is 0 Å². The van der Waals surface area contributed by atoms with Gasteiger partial charge in [-0.2, -0.15) is 0 Å². The van der Waals surface area contributed by atoms with Crippen molar-refractivity contribution in [2.24, 2.45) is 0 Å².